The maximum atomic E-state index is 4.76. The molecule has 3 heteroatoms. The van der Waals surface area contributed by atoms with Crippen LogP contribution in [0.25, 0.3) is 10.9 Å². The zero-order valence-corrected chi connectivity index (χ0v) is 5.53. The van der Waals surface area contributed by atoms with Gasteiger partial charge in [-0.1, -0.05) is 5.16 Å². The predicted molar refractivity (Wildman–Crippen MR) is 36.5 cm³/mol. The first-order valence-electron chi connectivity index (χ1n) is 3.02. The summed E-state index contributed by atoms with van der Waals surface area (Å²) in [6.45, 7) is 1.98. The van der Waals surface area contributed by atoms with Crippen molar-refractivity contribution in [3.63, 3.8) is 0 Å². The van der Waals surface area contributed by atoms with Gasteiger partial charge >= 0.3 is 0 Å². The molecule has 0 spiro atoms. The van der Waals surface area contributed by atoms with Gasteiger partial charge in [-0.2, -0.15) is 0 Å². The molecule has 0 aromatic carbocycles. The molecule has 0 N–H and O–H groups in total. The fraction of sp³-hybridized carbons (Fsp3) is 0.143. The molecule has 0 aliphatic heterocycles. The molecule has 0 aliphatic rings. The lowest BCUT2D eigenvalue weighted by Crippen LogP contribution is -1.76. The van der Waals surface area contributed by atoms with Gasteiger partial charge in [0.05, 0.1) is 6.20 Å². The second-order valence-corrected chi connectivity index (χ2v) is 2.20. The average molecular weight is 134 g/mol. The maximum absolute atomic E-state index is 4.76. The molecule has 0 unspecified atom stereocenters. The lowest BCUT2D eigenvalue weighted by atomic mass is 10.2. The highest BCUT2D eigenvalue weighted by molar-refractivity contribution is 5.79. The molecular formula is C7H6N2O. The van der Waals surface area contributed by atoms with E-state index in [0.29, 0.717) is 0 Å². The quantitative estimate of drug-likeness (QED) is 0.548. The Morgan fingerprint density at radius 2 is 2.30 bits per heavy atom. The van der Waals surface area contributed by atoms with Gasteiger partial charge in [-0.05, 0) is 12.5 Å². The van der Waals surface area contributed by atoms with Gasteiger partial charge < -0.3 is 4.52 Å². The van der Waals surface area contributed by atoms with Crippen LogP contribution < -0.4 is 0 Å². The molecule has 0 aliphatic carbocycles. The summed E-state index contributed by atoms with van der Waals surface area (Å²) >= 11 is 0. The van der Waals surface area contributed by atoms with Crippen molar-refractivity contribution in [1.29, 1.82) is 0 Å². The van der Waals surface area contributed by atoms with Gasteiger partial charge in [-0.3, -0.25) is 4.98 Å². The summed E-state index contributed by atoms with van der Waals surface area (Å²) < 4.78 is 4.76. The molecule has 3 nitrogen and oxygen atoms in total. The SMILES string of the molecule is Cc1cncc2nocc12. The summed E-state index contributed by atoms with van der Waals surface area (Å²) in [5.41, 5.74) is 1.92. The van der Waals surface area contributed by atoms with Crippen LogP contribution in [0.2, 0.25) is 0 Å². The van der Waals surface area contributed by atoms with Crippen LogP contribution in [-0.4, -0.2) is 10.1 Å². The summed E-state index contributed by atoms with van der Waals surface area (Å²) in [5.74, 6) is 0. The minimum Gasteiger partial charge on any atom is -0.363 e. The van der Waals surface area contributed by atoms with E-state index in [1.54, 1.807) is 18.7 Å². The van der Waals surface area contributed by atoms with E-state index in [4.69, 9.17) is 4.52 Å². The molecule has 2 rings (SSSR count). The van der Waals surface area contributed by atoms with Gasteiger partial charge in [-0.15, -0.1) is 0 Å². The first-order valence-corrected chi connectivity index (χ1v) is 3.02. The number of pyridine rings is 1. The summed E-state index contributed by atoms with van der Waals surface area (Å²) in [5, 5.41) is 4.78. The minimum atomic E-state index is 0.819. The lowest BCUT2D eigenvalue weighted by molar-refractivity contribution is 0.428. The van der Waals surface area contributed by atoms with Crippen LogP contribution >= 0.6 is 0 Å². The molecule has 2 heterocycles. The van der Waals surface area contributed by atoms with Crippen molar-refractivity contribution in [2.24, 2.45) is 0 Å². The first kappa shape index (κ1) is 5.41. The molecule has 0 amide bonds. The van der Waals surface area contributed by atoms with Crippen LogP contribution in [0, 0.1) is 6.92 Å². The normalized spacial score (nSPS) is 10.5. The van der Waals surface area contributed by atoms with E-state index in [1.807, 2.05) is 6.92 Å². The third-order valence-electron chi connectivity index (χ3n) is 1.49. The van der Waals surface area contributed by atoms with Crippen molar-refractivity contribution in [3.05, 3.63) is 24.2 Å². The summed E-state index contributed by atoms with van der Waals surface area (Å²) in [7, 11) is 0. The largest absolute Gasteiger partial charge is 0.363 e. The molecule has 2 aromatic heterocycles. The van der Waals surface area contributed by atoms with Crippen LogP contribution in [0.4, 0.5) is 0 Å². The van der Waals surface area contributed by atoms with Crippen LogP contribution in [0.3, 0.4) is 0 Å². The fourth-order valence-corrected chi connectivity index (χ4v) is 0.923. The Kier molecular flexibility index (Phi) is 0.974. The molecule has 10 heavy (non-hydrogen) atoms. The highest BCUT2D eigenvalue weighted by Gasteiger charge is 1.98. The van der Waals surface area contributed by atoms with Crippen molar-refractivity contribution in [3.8, 4) is 0 Å². The number of nitrogens with zero attached hydrogens (tertiary/aromatic N) is 2. The predicted octanol–water partition coefficient (Wildman–Crippen LogP) is 1.53. The molecule has 0 fully saturated rings. The minimum absolute atomic E-state index is 0.819. The summed E-state index contributed by atoms with van der Waals surface area (Å²) in [6, 6.07) is 0. The number of aromatic nitrogens is 2. The van der Waals surface area contributed by atoms with E-state index >= 15 is 0 Å². The van der Waals surface area contributed by atoms with E-state index in [2.05, 4.69) is 10.1 Å². The molecule has 0 atom stereocenters. The Bertz CT molecular complexity index is 353. The number of hydrogen-bond acceptors (Lipinski definition) is 3. The standard InChI is InChI=1S/C7H6N2O/c1-5-2-8-3-7-6(5)4-10-9-7/h2-4H,1H3. The highest BCUT2D eigenvalue weighted by Crippen LogP contribution is 2.13. The van der Waals surface area contributed by atoms with Gasteiger partial charge in [0.2, 0.25) is 0 Å². The van der Waals surface area contributed by atoms with Gasteiger partial charge in [0.15, 0.2) is 0 Å². The zero-order valence-electron chi connectivity index (χ0n) is 5.53. The van der Waals surface area contributed by atoms with Gasteiger partial charge in [0, 0.05) is 11.6 Å². The molecular weight excluding hydrogens is 128 g/mol. The molecule has 0 radical (unpaired) electrons. The molecule has 2 aromatic rings. The Morgan fingerprint density at radius 1 is 1.40 bits per heavy atom. The molecule has 0 saturated carbocycles. The first-order chi connectivity index (χ1) is 4.88. The van der Waals surface area contributed by atoms with E-state index in [0.717, 1.165) is 16.5 Å². The number of rotatable bonds is 0. The second kappa shape index (κ2) is 1.80. The lowest BCUT2D eigenvalue weighted by Gasteiger charge is -1.87. The Hall–Kier alpha value is -1.38. The Labute approximate surface area is 57.7 Å². The Balaban J connectivity index is 2.95. The van der Waals surface area contributed by atoms with E-state index in [1.165, 1.54) is 0 Å². The van der Waals surface area contributed by atoms with Crippen LogP contribution in [0.15, 0.2) is 23.2 Å². The summed E-state index contributed by atoms with van der Waals surface area (Å²) in [4.78, 5) is 3.96. The number of aryl methyl sites for hydroxylation is 1. The van der Waals surface area contributed by atoms with Gasteiger partial charge in [0.25, 0.3) is 0 Å². The van der Waals surface area contributed by atoms with Crippen LogP contribution in [0.1, 0.15) is 5.56 Å². The van der Waals surface area contributed by atoms with Gasteiger partial charge in [0.1, 0.15) is 11.8 Å². The topological polar surface area (TPSA) is 38.9 Å². The monoisotopic (exact) mass is 134 g/mol. The van der Waals surface area contributed by atoms with Crippen molar-refractivity contribution in [2.75, 3.05) is 0 Å². The van der Waals surface area contributed by atoms with Crippen molar-refractivity contribution in [2.45, 2.75) is 6.92 Å². The van der Waals surface area contributed by atoms with Gasteiger partial charge in [-0.25, -0.2) is 0 Å². The highest BCUT2D eigenvalue weighted by atomic mass is 16.5. The molecule has 50 valence electrons. The third kappa shape index (κ3) is 0.603. The van der Waals surface area contributed by atoms with Crippen molar-refractivity contribution >= 4 is 10.9 Å². The second-order valence-electron chi connectivity index (χ2n) is 2.20. The van der Waals surface area contributed by atoms with Crippen LogP contribution in [0.5, 0.6) is 0 Å². The maximum Gasteiger partial charge on any atom is 0.132 e. The number of fused-ring (bicyclic) bond motifs is 1. The third-order valence-corrected chi connectivity index (χ3v) is 1.49. The van der Waals surface area contributed by atoms with Crippen LogP contribution in [-0.2, 0) is 0 Å². The van der Waals surface area contributed by atoms with Crippen molar-refractivity contribution < 1.29 is 4.52 Å². The average Bonchev–Trinajstić information content (AvgIpc) is 2.36. The smallest absolute Gasteiger partial charge is 0.132 e. The Morgan fingerprint density at radius 3 is 3.10 bits per heavy atom. The molecule has 0 bridgehead atoms. The number of hydrogen-bond donors (Lipinski definition) is 0. The zero-order chi connectivity index (χ0) is 6.97. The van der Waals surface area contributed by atoms with E-state index in [-0.39, 0.29) is 0 Å². The summed E-state index contributed by atoms with van der Waals surface area (Å²) in [6.07, 6.45) is 5.11. The van der Waals surface area contributed by atoms with E-state index in [9.17, 15) is 0 Å². The van der Waals surface area contributed by atoms with E-state index < -0.39 is 0 Å². The molecule has 0 saturated heterocycles. The van der Waals surface area contributed by atoms with Crippen molar-refractivity contribution in [1.82, 2.24) is 10.1 Å². The fourth-order valence-electron chi connectivity index (χ4n) is 0.923.